The highest BCUT2D eigenvalue weighted by atomic mass is 35.5. The lowest BCUT2D eigenvalue weighted by atomic mass is 10.6. The Kier molecular flexibility index (Phi) is 12.3. The second-order valence-electron chi connectivity index (χ2n) is 0.651. The lowest BCUT2D eigenvalue weighted by molar-refractivity contribution is 2.04. The Morgan fingerprint density at radius 1 is 1.57 bits per heavy atom. The predicted octanol–water partition coefficient (Wildman–Crippen LogP) is 2.17. The molecule has 0 spiro atoms. The van der Waals surface area contributed by atoms with Crippen LogP contribution in [0.1, 0.15) is 0 Å². The highest BCUT2D eigenvalue weighted by Crippen LogP contribution is 1.92. The first-order valence-corrected chi connectivity index (χ1v) is 1.95. The third-order valence-electron chi connectivity index (χ3n) is 0.221. The summed E-state index contributed by atoms with van der Waals surface area (Å²) in [5.41, 5.74) is 0. The third kappa shape index (κ3) is 33.4. The van der Waals surface area contributed by atoms with E-state index in [1.54, 1.807) is 0 Å². The van der Waals surface area contributed by atoms with Crippen molar-refractivity contribution >= 4 is 11.6 Å². The molecule has 0 amide bonds. The van der Waals surface area contributed by atoms with Gasteiger partial charge in [-0.15, -0.1) is 12.8 Å². The van der Waals surface area contributed by atoms with Crippen molar-refractivity contribution in [3.05, 3.63) is 24.3 Å². The summed E-state index contributed by atoms with van der Waals surface area (Å²) in [5, 5.41) is 0.491. The molecule has 38 valence electrons. The van der Waals surface area contributed by atoms with Crippen molar-refractivity contribution < 1.29 is 0 Å². The van der Waals surface area contributed by atoms with Crippen LogP contribution in [0.4, 0.5) is 0 Å². The van der Waals surface area contributed by atoms with Gasteiger partial charge in [-0.3, -0.25) is 0 Å². The summed E-state index contributed by atoms with van der Waals surface area (Å²) in [6, 6.07) is 0. The maximum atomic E-state index is 5.15. The van der Waals surface area contributed by atoms with Crippen molar-refractivity contribution in [3.63, 3.8) is 0 Å². The quantitative estimate of drug-likeness (QED) is 0.362. The Hall–Kier alpha value is -0.670. The second-order valence-corrected chi connectivity index (χ2v) is 1.14. The molecule has 0 radical (unpaired) electrons. The van der Waals surface area contributed by atoms with Gasteiger partial charge < -0.3 is 0 Å². The Morgan fingerprint density at radius 2 is 1.71 bits per heavy atom. The van der Waals surface area contributed by atoms with E-state index in [-0.39, 0.29) is 0 Å². The molecular weight excluding hydrogens is 108 g/mol. The molecule has 0 unspecified atom stereocenters. The van der Waals surface area contributed by atoms with Gasteiger partial charge in [0, 0.05) is 5.03 Å². The zero-order valence-corrected chi connectivity index (χ0v) is 4.78. The van der Waals surface area contributed by atoms with Crippen LogP contribution in [-0.4, -0.2) is 0 Å². The Balaban J connectivity index is 0. The molecular formula is C6H7Cl. The SMILES string of the molecule is C#C.C=CC(=C)Cl. The molecule has 0 aliphatic carbocycles. The molecule has 0 nitrogen and oxygen atoms in total. The fourth-order valence-electron chi connectivity index (χ4n) is 0. The summed E-state index contributed by atoms with van der Waals surface area (Å²) in [7, 11) is 0. The van der Waals surface area contributed by atoms with Crippen molar-refractivity contribution in [1.82, 2.24) is 0 Å². The molecule has 0 fully saturated rings. The minimum Gasteiger partial charge on any atom is -0.124 e. The van der Waals surface area contributed by atoms with Crippen LogP contribution in [0.3, 0.4) is 0 Å². The predicted molar refractivity (Wildman–Crippen MR) is 35.1 cm³/mol. The van der Waals surface area contributed by atoms with Crippen LogP contribution < -0.4 is 0 Å². The number of hydrogen-bond acceptors (Lipinski definition) is 0. The first-order valence-electron chi connectivity index (χ1n) is 1.57. The van der Waals surface area contributed by atoms with Crippen molar-refractivity contribution in [1.29, 1.82) is 0 Å². The van der Waals surface area contributed by atoms with E-state index in [2.05, 4.69) is 26.0 Å². The summed E-state index contributed by atoms with van der Waals surface area (Å²) in [5.74, 6) is 0. The fraction of sp³-hybridized carbons (Fsp3) is 0. The van der Waals surface area contributed by atoms with Crippen LogP contribution in [0.5, 0.6) is 0 Å². The number of hydrogen-bond donors (Lipinski definition) is 0. The Bertz CT molecular complexity index is 79.4. The topological polar surface area (TPSA) is 0 Å². The zero-order chi connectivity index (χ0) is 6.28. The van der Waals surface area contributed by atoms with Gasteiger partial charge >= 0.3 is 0 Å². The van der Waals surface area contributed by atoms with Crippen molar-refractivity contribution in [2.45, 2.75) is 0 Å². The average Bonchev–Trinajstić information content (AvgIpc) is 1.73. The van der Waals surface area contributed by atoms with Gasteiger partial charge in [0.05, 0.1) is 0 Å². The number of terminal acetylenes is 1. The fourth-order valence-corrected chi connectivity index (χ4v) is 0. The number of halogens is 1. The normalized spacial score (nSPS) is 5.00. The van der Waals surface area contributed by atoms with Crippen molar-refractivity contribution in [2.75, 3.05) is 0 Å². The molecule has 0 atom stereocenters. The maximum absolute atomic E-state index is 5.15. The molecule has 0 heterocycles. The Morgan fingerprint density at radius 3 is 1.71 bits per heavy atom. The summed E-state index contributed by atoms with van der Waals surface area (Å²) < 4.78 is 0. The zero-order valence-electron chi connectivity index (χ0n) is 4.02. The van der Waals surface area contributed by atoms with E-state index in [1.165, 1.54) is 6.08 Å². The molecule has 0 rings (SSSR count). The molecule has 0 saturated heterocycles. The molecule has 1 heteroatoms. The highest BCUT2D eigenvalue weighted by Gasteiger charge is 1.63. The average molecular weight is 115 g/mol. The monoisotopic (exact) mass is 114 g/mol. The minimum absolute atomic E-state index is 0.491. The molecule has 0 aliphatic rings. The lowest BCUT2D eigenvalue weighted by Gasteiger charge is -1.67. The summed E-state index contributed by atoms with van der Waals surface area (Å²) >= 11 is 5.15. The van der Waals surface area contributed by atoms with Crippen molar-refractivity contribution in [2.24, 2.45) is 0 Å². The van der Waals surface area contributed by atoms with Crippen LogP contribution in [0.15, 0.2) is 24.3 Å². The first-order chi connectivity index (χ1) is 3.27. The van der Waals surface area contributed by atoms with Crippen LogP contribution in [-0.2, 0) is 0 Å². The molecule has 0 aromatic carbocycles. The van der Waals surface area contributed by atoms with Gasteiger partial charge in [-0.25, -0.2) is 0 Å². The van der Waals surface area contributed by atoms with Gasteiger partial charge in [0.2, 0.25) is 0 Å². The minimum atomic E-state index is 0.491. The van der Waals surface area contributed by atoms with Gasteiger partial charge in [0.25, 0.3) is 0 Å². The van der Waals surface area contributed by atoms with Crippen LogP contribution in [0.2, 0.25) is 0 Å². The Labute approximate surface area is 49.5 Å². The molecule has 0 bridgehead atoms. The molecule has 0 saturated carbocycles. The van der Waals surface area contributed by atoms with Crippen LogP contribution in [0.25, 0.3) is 0 Å². The molecule has 0 N–H and O–H groups in total. The lowest BCUT2D eigenvalue weighted by Crippen LogP contribution is -1.42. The number of rotatable bonds is 1. The van der Waals surface area contributed by atoms with Gasteiger partial charge in [-0.05, 0) is 0 Å². The van der Waals surface area contributed by atoms with E-state index in [0.717, 1.165) is 0 Å². The molecule has 7 heavy (non-hydrogen) atoms. The molecule has 0 aromatic rings. The van der Waals surface area contributed by atoms with Crippen molar-refractivity contribution in [3.8, 4) is 12.8 Å². The molecule has 0 aromatic heterocycles. The van der Waals surface area contributed by atoms with E-state index < -0.39 is 0 Å². The number of allylic oxidation sites excluding steroid dienone is 2. The van der Waals surface area contributed by atoms with E-state index in [9.17, 15) is 0 Å². The van der Waals surface area contributed by atoms with E-state index >= 15 is 0 Å². The maximum Gasteiger partial charge on any atom is 0.0328 e. The van der Waals surface area contributed by atoms with E-state index in [1.807, 2.05) is 0 Å². The highest BCUT2D eigenvalue weighted by molar-refractivity contribution is 6.30. The standard InChI is InChI=1S/C4H5Cl.C2H2/c1-3-4(2)5;1-2/h3H,1-2H2;1-2H. The largest absolute Gasteiger partial charge is 0.124 e. The molecule has 0 aliphatic heterocycles. The summed E-state index contributed by atoms with van der Waals surface area (Å²) in [4.78, 5) is 0. The van der Waals surface area contributed by atoms with Gasteiger partial charge in [0.1, 0.15) is 0 Å². The van der Waals surface area contributed by atoms with Crippen LogP contribution in [0, 0.1) is 12.8 Å². The summed E-state index contributed by atoms with van der Waals surface area (Å²) in [6.07, 6.45) is 9.49. The van der Waals surface area contributed by atoms with E-state index in [0.29, 0.717) is 5.03 Å². The van der Waals surface area contributed by atoms with E-state index in [4.69, 9.17) is 11.6 Å². The second kappa shape index (κ2) is 9.01. The first kappa shape index (κ1) is 9.59. The summed E-state index contributed by atoms with van der Waals surface area (Å²) in [6.45, 7) is 6.65. The van der Waals surface area contributed by atoms with Gasteiger partial charge in [-0.2, -0.15) is 0 Å². The third-order valence-corrected chi connectivity index (χ3v) is 0.376. The van der Waals surface area contributed by atoms with Crippen LogP contribution >= 0.6 is 11.6 Å². The smallest absolute Gasteiger partial charge is 0.0328 e. The van der Waals surface area contributed by atoms with Gasteiger partial charge in [0.15, 0.2) is 0 Å². The van der Waals surface area contributed by atoms with Gasteiger partial charge in [-0.1, -0.05) is 30.8 Å².